The molecule has 0 aliphatic heterocycles. The largest absolute Gasteiger partial charge is 0.466 e. The second kappa shape index (κ2) is 6.77. The van der Waals surface area contributed by atoms with Crippen molar-refractivity contribution in [2.24, 2.45) is 0 Å². The zero-order valence-electron chi connectivity index (χ0n) is 11.4. The number of carbonyl (C=O) groups excluding carboxylic acids is 2. The number of H-pyrrole nitrogens is 1. The quantitative estimate of drug-likeness (QED) is 0.661. The Kier molecular flexibility index (Phi) is 5.35. The number of ether oxygens (including phenoxy) is 1. The van der Waals surface area contributed by atoms with E-state index in [2.05, 4.69) is 15.5 Å². The number of aromatic nitrogens is 2. The molecule has 1 heterocycles. The fourth-order valence-corrected chi connectivity index (χ4v) is 1.57. The van der Waals surface area contributed by atoms with Gasteiger partial charge in [-0.2, -0.15) is 5.10 Å². The van der Waals surface area contributed by atoms with Gasteiger partial charge in [-0.05, 0) is 12.8 Å². The molecule has 106 valence electrons. The maximum Gasteiger partial charge on any atom is 0.307 e. The Balaban J connectivity index is 2.52. The number of aromatic amines is 1. The van der Waals surface area contributed by atoms with Crippen LogP contribution in [-0.4, -0.2) is 35.2 Å². The summed E-state index contributed by atoms with van der Waals surface area (Å²) in [6, 6.07) is 0. The fourth-order valence-electron chi connectivity index (χ4n) is 1.57. The smallest absolute Gasteiger partial charge is 0.307 e. The number of hydrogen-bond acceptors (Lipinski definition) is 5. The molecule has 4 N–H and O–H groups in total. The SMILES string of the molecule is CCOC(=O)CCNC(=O)c1n[nH]c(C(C)C)c1N. The van der Waals surface area contributed by atoms with E-state index >= 15 is 0 Å². The van der Waals surface area contributed by atoms with Crippen LogP contribution in [0.4, 0.5) is 5.69 Å². The number of hydrogen-bond donors (Lipinski definition) is 3. The molecule has 0 atom stereocenters. The van der Waals surface area contributed by atoms with Gasteiger partial charge in [0.05, 0.1) is 24.4 Å². The van der Waals surface area contributed by atoms with Crippen LogP contribution in [-0.2, 0) is 9.53 Å². The summed E-state index contributed by atoms with van der Waals surface area (Å²) in [6.07, 6.45) is 0.126. The zero-order chi connectivity index (χ0) is 14.4. The Morgan fingerprint density at radius 3 is 2.68 bits per heavy atom. The van der Waals surface area contributed by atoms with Gasteiger partial charge in [-0.1, -0.05) is 13.8 Å². The van der Waals surface area contributed by atoms with Gasteiger partial charge in [-0.25, -0.2) is 0 Å². The summed E-state index contributed by atoms with van der Waals surface area (Å²) in [6.45, 7) is 6.16. The Morgan fingerprint density at radius 1 is 1.47 bits per heavy atom. The van der Waals surface area contributed by atoms with Crippen LogP contribution in [0, 0.1) is 0 Å². The van der Waals surface area contributed by atoms with Crippen LogP contribution in [0.1, 0.15) is 49.3 Å². The highest BCUT2D eigenvalue weighted by atomic mass is 16.5. The molecule has 0 unspecified atom stereocenters. The van der Waals surface area contributed by atoms with Gasteiger partial charge in [-0.15, -0.1) is 0 Å². The van der Waals surface area contributed by atoms with Crippen molar-refractivity contribution in [1.29, 1.82) is 0 Å². The Labute approximate surface area is 111 Å². The number of nitrogens with two attached hydrogens (primary N) is 1. The minimum atomic E-state index is -0.398. The Bertz CT molecular complexity index is 454. The maximum absolute atomic E-state index is 11.8. The van der Waals surface area contributed by atoms with Gasteiger partial charge in [0.15, 0.2) is 5.69 Å². The van der Waals surface area contributed by atoms with Crippen molar-refractivity contribution >= 4 is 17.6 Å². The lowest BCUT2D eigenvalue weighted by Gasteiger charge is -2.05. The first-order valence-electron chi connectivity index (χ1n) is 6.24. The lowest BCUT2D eigenvalue weighted by molar-refractivity contribution is -0.142. The van der Waals surface area contributed by atoms with Crippen LogP contribution >= 0.6 is 0 Å². The van der Waals surface area contributed by atoms with Gasteiger partial charge in [0.2, 0.25) is 0 Å². The maximum atomic E-state index is 11.8. The summed E-state index contributed by atoms with van der Waals surface area (Å²) in [5.74, 6) is -0.584. The predicted octanol–water partition coefficient (Wildman–Crippen LogP) is 0.798. The summed E-state index contributed by atoms with van der Waals surface area (Å²) >= 11 is 0. The van der Waals surface area contributed by atoms with Crippen LogP contribution < -0.4 is 11.1 Å². The second-order valence-electron chi connectivity index (χ2n) is 4.37. The first kappa shape index (κ1) is 15.0. The van der Waals surface area contributed by atoms with Gasteiger partial charge in [-0.3, -0.25) is 14.7 Å². The number of rotatable bonds is 6. The third-order valence-corrected chi connectivity index (χ3v) is 2.55. The first-order chi connectivity index (χ1) is 8.97. The highest BCUT2D eigenvalue weighted by Gasteiger charge is 2.18. The van der Waals surface area contributed by atoms with Gasteiger partial charge < -0.3 is 15.8 Å². The molecular weight excluding hydrogens is 248 g/mol. The molecule has 0 saturated heterocycles. The van der Waals surface area contributed by atoms with E-state index in [1.54, 1.807) is 6.92 Å². The van der Waals surface area contributed by atoms with Crippen LogP contribution in [0.2, 0.25) is 0 Å². The van der Waals surface area contributed by atoms with E-state index in [9.17, 15) is 9.59 Å². The molecular formula is C12H20N4O3. The highest BCUT2D eigenvalue weighted by Crippen LogP contribution is 2.21. The molecule has 1 amide bonds. The summed E-state index contributed by atoms with van der Waals surface area (Å²) in [7, 11) is 0. The number of nitrogen functional groups attached to an aromatic ring is 1. The molecule has 0 radical (unpaired) electrons. The average Bonchev–Trinajstić information content (AvgIpc) is 2.71. The highest BCUT2D eigenvalue weighted by molar-refractivity contribution is 5.97. The second-order valence-corrected chi connectivity index (χ2v) is 4.37. The summed E-state index contributed by atoms with van der Waals surface area (Å²) in [5, 5.41) is 9.22. The van der Waals surface area contributed by atoms with E-state index < -0.39 is 5.91 Å². The van der Waals surface area contributed by atoms with E-state index in [1.165, 1.54) is 0 Å². The third-order valence-electron chi connectivity index (χ3n) is 2.55. The molecule has 0 saturated carbocycles. The van der Waals surface area contributed by atoms with E-state index in [4.69, 9.17) is 10.5 Å². The standard InChI is InChI=1S/C12H20N4O3/c1-4-19-8(17)5-6-14-12(18)11-9(13)10(7(2)3)15-16-11/h7H,4-6,13H2,1-3H3,(H,14,18)(H,15,16). The van der Waals surface area contributed by atoms with Crippen molar-refractivity contribution in [3.63, 3.8) is 0 Å². The van der Waals surface area contributed by atoms with Crippen molar-refractivity contribution < 1.29 is 14.3 Å². The molecule has 0 fully saturated rings. The van der Waals surface area contributed by atoms with E-state index in [-0.39, 0.29) is 30.5 Å². The molecule has 0 bridgehead atoms. The minimum absolute atomic E-state index is 0.126. The molecule has 0 aliphatic carbocycles. The molecule has 7 nitrogen and oxygen atoms in total. The van der Waals surface area contributed by atoms with Crippen molar-refractivity contribution in [2.75, 3.05) is 18.9 Å². The number of amides is 1. The monoisotopic (exact) mass is 268 g/mol. The lowest BCUT2D eigenvalue weighted by Crippen LogP contribution is -2.27. The molecule has 0 aliphatic rings. The summed E-state index contributed by atoms with van der Waals surface area (Å²) in [4.78, 5) is 22.9. The van der Waals surface area contributed by atoms with Crippen LogP contribution in [0.3, 0.4) is 0 Å². The van der Waals surface area contributed by atoms with E-state index in [1.807, 2.05) is 13.8 Å². The topological polar surface area (TPSA) is 110 Å². The van der Waals surface area contributed by atoms with Gasteiger partial charge in [0.1, 0.15) is 0 Å². The fraction of sp³-hybridized carbons (Fsp3) is 0.583. The van der Waals surface area contributed by atoms with Crippen molar-refractivity contribution in [1.82, 2.24) is 15.5 Å². The van der Waals surface area contributed by atoms with Crippen LogP contribution in [0.15, 0.2) is 0 Å². The van der Waals surface area contributed by atoms with Crippen molar-refractivity contribution in [3.8, 4) is 0 Å². The van der Waals surface area contributed by atoms with Gasteiger partial charge >= 0.3 is 5.97 Å². The Hall–Kier alpha value is -2.05. The van der Waals surface area contributed by atoms with E-state index in [0.717, 1.165) is 5.69 Å². The van der Waals surface area contributed by atoms with Gasteiger partial charge in [0.25, 0.3) is 5.91 Å². The average molecular weight is 268 g/mol. The van der Waals surface area contributed by atoms with Crippen molar-refractivity contribution in [3.05, 3.63) is 11.4 Å². The molecule has 0 spiro atoms. The summed E-state index contributed by atoms with van der Waals surface area (Å²) in [5.41, 5.74) is 7.08. The molecule has 0 aromatic carbocycles. The number of carbonyl (C=O) groups is 2. The number of anilines is 1. The molecule has 1 aromatic heterocycles. The summed E-state index contributed by atoms with van der Waals surface area (Å²) < 4.78 is 4.75. The minimum Gasteiger partial charge on any atom is -0.466 e. The Morgan fingerprint density at radius 2 is 2.16 bits per heavy atom. The molecule has 7 heteroatoms. The van der Waals surface area contributed by atoms with Gasteiger partial charge in [0, 0.05) is 6.54 Å². The number of nitrogens with zero attached hydrogens (tertiary/aromatic N) is 1. The number of nitrogens with one attached hydrogen (secondary N) is 2. The number of esters is 1. The van der Waals surface area contributed by atoms with E-state index in [0.29, 0.717) is 12.3 Å². The third kappa shape index (κ3) is 3.97. The predicted molar refractivity (Wildman–Crippen MR) is 70.7 cm³/mol. The normalized spacial score (nSPS) is 10.5. The lowest BCUT2D eigenvalue weighted by atomic mass is 10.1. The zero-order valence-corrected chi connectivity index (χ0v) is 11.4. The molecule has 19 heavy (non-hydrogen) atoms. The van der Waals surface area contributed by atoms with Crippen LogP contribution in [0.25, 0.3) is 0 Å². The van der Waals surface area contributed by atoms with Crippen molar-refractivity contribution in [2.45, 2.75) is 33.1 Å². The van der Waals surface area contributed by atoms with Crippen LogP contribution in [0.5, 0.6) is 0 Å². The molecule has 1 rings (SSSR count). The molecule has 1 aromatic rings. The first-order valence-corrected chi connectivity index (χ1v) is 6.24.